The van der Waals surface area contributed by atoms with Crippen LogP contribution in [-0.2, 0) is 15.1 Å². The smallest absolute Gasteiger partial charge is 0.220 e. The van der Waals surface area contributed by atoms with Gasteiger partial charge in [0, 0.05) is 13.0 Å². The minimum atomic E-state index is -0.325. The van der Waals surface area contributed by atoms with Crippen molar-refractivity contribution in [3.05, 3.63) is 35.9 Å². The maximum absolute atomic E-state index is 12.0. The van der Waals surface area contributed by atoms with Crippen LogP contribution in [0.3, 0.4) is 0 Å². The van der Waals surface area contributed by atoms with Crippen LogP contribution in [0.5, 0.6) is 0 Å². The molecule has 1 aliphatic heterocycles. The van der Waals surface area contributed by atoms with Gasteiger partial charge in [-0.1, -0.05) is 30.3 Å². The zero-order valence-corrected chi connectivity index (χ0v) is 11.8. The Labute approximate surface area is 115 Å². The average Bonchev–Trinajstić information content (AvgIpc) is 2.90. The van der Waals surface area contributed by atoms with Crippen molar-refractivity contribution in [3.8, 4) is 0 Å². The Bertz CT molecular complexity index is 408. The molecule has 1 aromatic rings. The zero-order valence-electron chi connectivity index (χ0n) is 11.8. The summed E-state index contributed by atoms with van der Waals surface area (Å²) >= 11 is 0. The number of rotatable bonds is 5. The van der Waals surface area contributed by atoms with Crippen LogP contribution in [0.15, 0.2) is 30.3 Å². The number of carbonyl (C=O) groups is 1. The molecule has 1 atom stereocenters. The molecule has 1 heterocycles. The van der Waals surface area contributed by atoms with Crippen LogP contribution in [0, 0.1) is 0 Å². The van der Waals surface area contributed by atoms with Crippen LogP contribution in [0.4, 0.5) is 0 Å². The lowest BCUT2D eigenvalue weighted by Gasteiger charge is -2.27. The van der Waals surface area contributed by atoms with Crippen LogP contribution in [0.25, 0.3) is 0 Å². The molecule has 1 aromatic carbocycles. The monoisotopic (exact) mass is 261 g/mol. The second-order valence-corrected chi connectivity index (χ2v) is 5.71. The molecular formula is C16H23NO2. The van der Waals surface area contributed by atoms with E-state index < -0.39 is 0 Å². The number of hydrogen-bond donors (Lipinski definition) is 1. The molecule has 2 rings (SSSR count). The van der Waals surface area contributed by atoms with Crippen molar-refractivity contribution in [2.45, 2.75) is 51.2 Å². The Balaban J connectivity index is 1.83. The third kappa shape index (κ3) is 4.06. The number of benzene rings is 1. The molecule has 1 unspecified atom stereocenters. The van der Waals surface area contributed by atoms with Gasteiger partial charge in [-0.3, -0.25) is 4.79 Å². The lowest BCUT2D eigenvalue weighted by molar-refractivity contribution is -0.123. The van der Waals surface area contributed by atoms with Crippen LogP contribution in [-0.4, -0.2) is 18.6 Å². The summed E-state index contributed by atoms with van der Waals surface area (Å²) in [4.78, 5) is 12.0. The molecule has 0 saturated carbocycles. The molecule has 19 heavy (non-hydrogen) atoms. The van der Waals surface area contributed by atoms with Crippen LogP contribution in [0.2, 0.25) is 0 Å². The van der Waals surface area contributed by atoms with E-state index in [4.69, 9.17) is 4.74 Å². The third-order valence-corrected chi connectivity index (χ3v) is 3.66. The maximum atomic E-state index is 12.0. The summed E-state index contributed by atoms with van der Waals surface area (Å²) in [6.45, 7) is 4.92. The normalized spacial score (nSPS) is 19.4. The number of amides is 1. The molecule has 0 radical (unpaired) electrons. The highest BCUT2D eigenvalue weighted by Gasteiger charge is 2.23. The van der Waals surface area contributed by atoms with E-state index in [2.05, 4.69) is 5.32 Å². The van der Waals surface area contributed by atoms with Crippen molar-refractivity contribution in [2.75, 3.05) is 6.61 Å². The summed E-state index contributed by atoms with van der Waals surface area (Å²) < 4.78 is 5.54. The molecule has 0 spiro atoms. The predicted octanol–water partition coefficient (Wildman–Crippen LogP) is 3.00. The number of hydrogen-bond acceptors (Lipinski definition) is 2. The van der Waals surface area contributed by atoms with Gasteiger partial charge >= 0.3 is 0 Å². The quantitative estimate of drug-likeness (QED) is 0.885. The predicted molar refractivity (Wildman–Crippen MR) is 75.8 cm³/mol. The third-order valence-electron chi connectivity index (χ3n) is 3.66. The van der Waals surface area contributed by atoms with Crippen LogP contribution in [0.1, 0.15) is 45.1 Å². The van der Waals surface area contributed by atoms with Crippen molar-refractivity contribution >= 4 is 5.91 Å². The summed E-state index contributed by atoms with van der Waals surface area (Å²) in [6.07, 6.45) is 3.88. The van der Waals surface area contributed by atoms with Gasteiger partial charge in [0.1, 0.15) is 0 Å². The number of ether oxygens (including phenoxy) is 1. The van der Waals surface area contributed by atoms with Crippen molar-refractivity contribution in [2.24, 2.45) is 0 Å². The fourth-order valence-corrected chi connectivity index (χ4v) is 2.50. The lowest BCUT2D eigenvalue weighted by atomic mass is 9.94. The van der Waals surface area contributed by atoms with Crippen molar-refractivity contribution in [1.82, 2.24) is 5.32 Å². The molecule has 3 heteroatoms. The SMILES string of the molecule is CC(C)(NC(=O)CCC1CCCO1)c1ccccc1. The van der Waals surface area contributed by atoms with Crippen LogP contribution < -0.4 is 5.32 Å². The molecule has 1 aliphatic rings. The van der Waals surface area contributed by atoms with E-state index in [0.29, 0.717) is 6.42 Å². The Kier molecular flexibility index (Phi) is 4.59. The second-order valence-electron chi connectivity index (χ2n) is 5.71. The summed E-state index contributed by atoms with van der Waals surface area (Å²) in [5.41, 5.74) is 0.801. The van der Waals surface area contributed by atoms with E-state index >= 15 is 0 Å². The highest BCUT2D eigenvalue weighted by molar-refractivity contribution is 5.77. The molecule has 0 aliphatic carbocycles. The average molecular weight is 261 g/mol. The first kappa shape index (κ1) is 14.1. The van der Waals surface area contributed by atoms with Gasteiger partial charge in [0.05, 0.1) is 11.6 Å². The molecule has 3 nitrogen and oxygen atoms in total. The van der Waals surface area contributed by atoms with E-state index in [1.54, 1.807) is 0 Å². The van der Waals surface area contributed by atoms with Gasteiger partial charge < -0.3 is 10.1 Å². The standard InChI is InChI=1S/C16H23NO2/c1-16(2,13-7-4-3-5-8-13)17-15(18)11-10-14-9-6-12-19-14/h3-5,7-8,14H,6,9-12H2,1-2H3,(H,17,18). The Morgan fingerprint density at radius 1 is 1.37 bits per heavy atom. The van der Waals surface area contributed by atoms with E-state index in [0.717, 1.165) is 31.4 Å². The van der Waals surface area contributed by atoms with Gasteiger partial charge in [0.25, 0.3) is 0 Å². The zero-order chi connectivity index (χ0) is 13.7. The van der Waals surface area contributed by atoms with Crippen molar-refractivity contribution in [3.63, 3.8) is 0 Å². The molecule has 1 N–H and O–H groups in total. The fourth-order valence-electron chi connectivity index (χ4n) is 2.50. The first-order chi connectivity index (χ1) is 9.08. The molecule has 1 amide bonds. The molecule has 0 bridgehead atoms. The van der Waals surface area contributed by atoms with E-state index in [1.165, 1.54) is 0 Å². The first-order valence-electron chi connectivity index (χ1n) is 7.06. The number of carbonyl (C=O) groups excluding carboxylic acids is 1. The summed E-state index contributed by atoms with van der Waals surface area (Å²) in [5.74, 6) is 0.101. The fraction of sp³-hybridized carbons (Fsp3) is 0.562. The number of nitrogens with one attached hydrogen (secondary N) is 1. The Morgan fingerprint density at radius 2 is 2.11 bits per heavy atom. The summed E-state index contributed by atoms with van der Waals surface area (Å²) in [5, 5.41) is 3.10. The molecule has 0 aromatic heterocycles. The van der Waals surface area contributed by atoms with Gasteiger partial charge in [-0.2, -0.15) is 0 Å². The van der Waals surface area contributed by atoms with Gasteiger partial charge in [0.15, 0.2) is 0 Å². The van der Waals surface area contributed by atoms with Gasteiger partial charge in [-0.15, -0.1) is 0 Å². The highest BCUT2D eigenvalue weighted by atomic mass is 16.5. The molecular weight excluding hydrogens is 238 g/mol. The Hall–Kier alpha value is -1.35. The largest absolute Gasteiger partial charge is 0.378 e. The van der Waals surface area contributed by atoms with Gasteiger partial charge in [0.2, 0.25) is 5.91 Å². The second kappa shape index (κ2) is 6.20. The minimum absolute atomic E-state index is 0.101. The van der Waals surface area contributed by atoms with Gasteiger partial charge in [-0.05, 0) is 38.7 Å². The molecule has 1 saturated heterocycles. The lowest BCUT2D eigenvalue weighted by Crippen LogP contribution is -2.41. The van der Waals surface area contributed by atoms with Crippen LogP contribution >= 0.6 is 0 Å². The molecule has 1 fully saturated rings. The van der Waals surface area contributed by atoms with Crippen molar-refractivity contribution in [1.29, 1.82) is 0 Å². The van der Waals surface area contributed by atoms with E-state index in [9.17, 15) is 4.79 Å². The first-order valence-corrected chi connectivity index (χ1v) is 7.06. The highest BCUT2D eigenvalue weighted by Crippen LogP contribution is 2.21. The summed E-state index contributed by atoms with van der Waals surface area (Å²) in [6, 6.07) is 10.1. The molecule has 104 valence electrons. The minimum Gasteiger partial charge on any atom is -0.378 e. The van der Waals surface area contributed by atoms with Gasteiger partial charge in [-0.25, -0.2) is 0 Å². The maximum Gasteiger partial charge on any atom is 0.220 e. The Morgan fingerprint density at radius 3 is 2.74 bits per heavy atom. The van der Waals surface area contributed by atoms with E-state index in [1.807, 2.05) is 44.2 Å². The van der Waals surface area contributed by atoms with Crippen molar-refractivity contribution < 1.29 is 9.53 Å². The summed E-state index contributed by atoms with van der Waals surface area (Å²) in [7, 11) is 0. The van der Waals surface area contributed by atoms with E-state index in [-0.39, 0.29) is 17.6 Å². The topological polar surface area (TPSA) is 38.3 Å².